The quantitative estimate of drug-likeness (QED) is 0.662. The van der Waals surface area contributed by atoms with E-state index in [1.165, 1.54) is 23.7 Å². The minimum Gasteiger partial charge on any atom is -0.416 e. The molecule has 0 unspecified atom stereocenters. The summed E-state index contributed by atoms with van der Waals surface area (Å²) in [6, 6.07) is 1.98. The Morgan fingerprint density at radius 1 is 1.35 bits per heavy atom. The molecule has 0 amide bonds. The summed E-state index contributed by atoms with van der Waals surface area (Å²) in [5.74, 6) is 0.527. The van der Waals surface area contributed by atoms with Crippen LogP contribution in [0, 0.1) is 12.3 Å². The number of aromatic nitrogens is 3. The molecular formula is C13H15N5OS. The molecule has 0 aliphatic heterocycles. The fraction of sp³-hybridized carbons (Fsp3) is 0.385. The molecule has 1 aliphatic carbocycles. The summed E-state index contributed by atoms with van der Waals surface area (Å²) in [5.41, 5.74) is 8.61. The lowest BCUT2D eigenvalue weighted by Gasteiger charge is -2.17. The van der Waals surface area contributed by atoms with Crippen molar-refractivity contribution in [1.29, 1.82) is 5.41 Å². The molecule has 0 fully saturated rings. The lowest BCUT2D eigenvalue weighted by Crippen LogP contribution is -2.16. The van der Waals surface area contributed by atoms with E-state index in [-0.39, 0.29) is 5.84 Å². The van der Waals surface area contributed by atoms with Crippen molar-refractivity contribution >= 4 is 17.6 Å². The highest BCUT2D eigenvalue weighted by molar-refractivity contribution is 7.99. The first-order valence-electron chi connectivity index (χ1n) is 6.48. The number of fused-ring (bicyclic) bond motifs is 1. The van der Waals surface area contributed by atoms with Gasteiger partial charge in [-0.05, 0) is 49.1 Å². The standard InChI is InChI=1S/C13H15N5OS/c1-7-17-18-13(19-7)20-12-9(11(14)15)6-8-4-2-3-5-10(8)16-12/h6H,2-5H2,1H3,(H3,14,15). The smallest absolute Gasteiger partial charge is 0.282 e. The molecule has 0 bridgehead atoms. The summed E-state index contributed by atoms with van der Waals surface area (Å²) < 4.78 is 5.36. The van der Waals surface area contributed by atoms with Crippen molar-refractivity contribution in [3.8, 4) is 0 Å². The van der Waals surface area contributed by atoms with Crippen LogP contribution in [0.25, 0.3) is 0 Å². The van der Waals surface area contributed by atoms with Crippen LogP contribution < -0.4 is 5.73 Å². The van der Waals surface area contributed by atoms with Crippen LogP contribution in [0.3, 0.4) is 0 Å². The van der Waals surface area contributed by atoms with Crippen molar-refractivity contribution in [1.82, 2.24) is 15.2 Å². The van der Waals surface area contributed by atoms with E-state index < -0.39 is 0 Å². The van der Waals surface area contributed by atoms with E-state index in [4.69, 9.17) is 15.6 Å². The summed E-state index contributed by atoms with van der Waals surface area (Å²) in [6.07, 6.45) is 4.31. The Kier molecular flexibility index (Phi) is 3.43. The van der Waals surface area contributed by atoms with Crippen molar-refractivity contribution in [3.63, 3.8) is 0 Å². The summed E-state index contributed by atoms with van der Waals surface area (Å²) in [6.45, 7) is 1.74. The molecule has 6 nitrogen and oxygen atoms in total. The third-order valence-electron chi connectivity index (χ3n) is 3.25. The Balaban J connectivity index is 2.01. The second kappa shape index (κ2) is 5.24. The van der Waals surface area contributed by atoms with Gasteiger partial charge < -0.3 is 10.2 Å². The van der Waals surface area contributed by atoms with Gasteiger partial charge >= 0.3 is 0 Å². The van der Waals surface area contributed by atoms with Gasteiger partial charge in [-0.1, -0.05) is 0 Å². The molecule has 3 rings (SSSR count). The molecule has 0 radical (unpaired) electrons. The second-order valence-corrected chi connectivity index (χ2v) is 5.70. The number of amidine groups is 1. The lowest BCUT2D eigenvalue weighted by atomic mass is 9.95. The number of rotatable bonds is 3. The molecule has 1 aliphatic rings. The number of nitrogen functional groups attached to an aromatic ring is 1. The molecule has 7 heteroatoms. The largest absolute Gasteiger partial charge is 0.416 e. The van der Waals surface area contributed by atoms with Crippen molar-refractivity contribution in [2.45, 2.75) is 42.9 Å². The molecule has 0 atom stereocenters. The molecular weight excluding hydrogens is 274 g/mol. The summed E-state index contributed by atoms with van der Waals surface area (Å²) in [7, 11) is 0. The van der Waals surface area contributed by atoms with Crippen molar-refractivity contribution < 1.29 is 4.42 Å². The van der Waals surface area contributed by atoms with Crippen LogP contribution in [-0.2, 0) is 12.8 Å². The van der Waals surface area contributed by atoms with E-state index in [0.717, 1.165) is 25.0 Å². The molecule has 0 spiro atoms. The summed E-state index contributed by atoms with van der Waals surface area (Å²) in [4.78, 5) is 4.65. The van der Waals surface area contributed by atoms with Crippen LogP contribution in [0.2, 0.25) is 0 Å². The van der Waals surface area contributed by atoms with E-state index in [1.54, 1.807) is 6.92 Å². The maximum atomic E-state index is 7.72. The first kappa shape index (κ1) is 13.1. The van der Waals surface area contributed by atoms with Gasteiger partial charge in [-0.25, -0.2) is 4.98 Å². The fourth-order valence-electron chi connectivity index (χ4n) is 2.29. The molecule has 2 heterocycles. The molecule has 20 heavy (non-hydrogen) atoms. The van der Waals surface area contributed by atoms with Gasteiger partial charge in [-0.15, -0.1) is 10.2 Å². The average Bonchev–Trinajstić information content (AvgIpc) is 2.83. The minimum absolute atomic E-state index is 0.0182. The van der Waals surface area contributed by atoms with Crippen molar-refractivity contribution in [2.24, 2.45) is 5.73 Å². The zero-order valence-corrected chi connectivity index (χ0v) is 12.0. The van der Waals surface area contributed by atoms with E-state index in [2.05, 4.69) is 15.2 Å². The molecule has 104 valence electrons. The first-order chi connectivity index (χ1) is 9.63. The zero-order valence-electron chi connectivity index (χ0n) is 11.1. The molecule has 2 aromatic rings. The summed E-state index contributed by atoms with van der Waals surface area (Å²) in [5, 5.41) is 16.6. The van der Waals surface area contributed by atoms with Crippen LogP contribution in [0.4, 0.5) is 0 Å². The fourth-order valence-corrected chi connectivity index (χ4v) is 3.13. The second-order valence-electron chi connectivity index (χ2n) is 4.76. The van der Waals surface area contributed by atoms with Crippen LogP contribution in [0.1, 0.15) is 35.6 Å². The SMILES string of the molecule is Cc1nnc(Sc2nc3c(cc2C(=N)N)CCCC3)o1. The third-order valence-corrected chi connectivity index (χ3v) is 4.09. The molecule has 3 N–H and O–H groups in total. The lowest BCUT2D eigenvalue weighted by molar-refractivity contribution is 0.429. The number of hydrogen-bond donors (Lipinski definition) is 2. The van der Waals surface area contributed by atoms with Gasteiger partial charge in [-0.3, -0.25) is 5.41 Å². The van der Waals surface area contributed by atoms with Crippen LogP contribution in [0.5, 0.6) is 0 Å². The van der Waals surface area contributed by atoms with Gasteiger partial charge in [0.2, 0.25) is 5.89 Å². The Labute approximate surface area is 120 Å². The maximum Gasteiger partial charge on any atom is 0.282 e. The first-order valence-corrected chi connectivity index (χ1v) is 7.30. The Bertz CT molecular complexity index is 667. The van der Waals surface area contributed by atoms with E-state index >= 15 is 0 Å². The highest BCUT2D eigenvalue weighted by atomic mass is 32.2. The van der Waals surface area contributed by atoms with Crippen molar-refractivity contribution in [3.05, 3.63) is 28.8 Å². The molecule has 0 saturated heterocycles. The number of aryl methyl sites for hydroxylation is 3. The Hall–Kier alpha value is -1.89. The highest BCUT2D eigenvalue weighted by Crippen LogP contribution is 2.31. The van der Waals surface area contributed by atoms with E-state index in [0.29, 0.717) is 21.7 Å². The van der Waals surface area contributed by atoms with Gasteiger partial charge in [0.15, 0.2) is 0 Å². The maximum absolute atomic E-state index is 7.72. The molecule has 0 saturated carbocycles. The zero-order chi connectivity index (χ0) is 14.1. The predicted molar refractivity (Wildman–Crippen MR) is 75.1 cm³/mol. The number of nitrogens with two attached hydrogens (primary N) is 1. The minimum atomic E-state index is 0.0182. The van der Waals surface area contributed by atoms with Crippen molar-refractivity contribution in [2.75, 3.05) is 0 Å². The Morgan fingerprint density at radius 2 is 2.15 bits per heavy atom. The van der Waals surface area contributed by atoms with Crippen LogP contribution >= 0.6 is 11.8 Å². The summed E-state index contributed by atoms with van der Waals surface area (Å²) >= 11 is 1.26. The third kappa shape index (κ3) is 2.53. The normalized spacial score (nSPS) is 14.1. The molecule has 2 aromatic heterocycles. The van der Waals surface area contributed by atoms with Gasteiger partial charge in [0.1, 0.15) is 10.9 Å². The van der Waals surface area contributed by atoms with Gasteiger partial charge in [0.25, 0.3) is 5.22 Å². The average molecular weight is 289 g/mol. The van der Waals surface area contributed by atoms with Crippen LogP contribution in [0.15, 0.2) is 20.7 Å². The predicted octanol–water partition coefficient (Wildman–Crippen LogP) is 2.09. The highest BCUT2D eigenvalue weighted by Gasteiger charge is 2.18. The van der Waals surface area contributed by atoms with E-state index in [1.807, 2.05) is 6.07 Å². The number of nitrogens with zero attached hydrogens (tertiary/aromatic N) is 3. The van der Waals surface area contributed by atoms with E-state index in [9.17, 15) is 0 Å². The van der Waals surface area contributed by atoms with Gasteiger partial charge in [0.05, 0.1) is 0 Å². The number of nitrogens with one attached hydrogen (secondary N) is 1. The topological polar surface area (TPSA) is 102 Å². The monoisotopic (exact) mass is 289 g/mol. The number of pyridine rings is 1. The number of hydrogen-bond acceptors (Lipinski definition) is 6. The van der Waals surface area contributed by atoms with Gasteiger partial charge in [-0.2, -0.15) is 0 Å². The van der Waals surface area contributed by atoms with Gasteiger partial charge in [0, 0.05) is 18.2 Å². The Morgan fingerprint density at radius 3 is 2.85 bits per heavy atom. The van der Waals surface area contributed by atoms with Crippen LogP contribution in [-0.4, -0.2) is 21.0 Å². The molecule has 0 aromatic carbocycles.